The Morgan fingerprint density at radius 2 is 1.87 bits per heavy atom. The van der Waals surface area contributed by atoms with Gasteiger partial charge in [-0.05, 0) is 73.5 Å². The maximum absolute atomic E-state index is 12.2. The van der Waals surface area contributed by atoms with Crippen molar-refractivity contribution in [1.29, 1.82) is 0 Å². The summed E-state index contributed by atoms with van der Waals surface area (Å²) in [6.45, 7) is 4.97. The van der Waals surface area contributed by atoms with E-state index in [2.05, 4.69) is 18.7 Å². The van der Waals surface area contributed by atoms with Crippen LogP contribution in [0.1, 0.15) is 65.2 Å². The van der Waals surface area contributed by atoms with Crippen LogP contribution in [0.5, 0.6) is 0 Å². The fourth-order valence-corrected chi connectivity index (χ4v) is 7.54. The normalized spacial score (nSPS) is 51.4. The Kier molecular flexibility index (Phi) is 3.65. The zero-order valence-electron chi connectivity index (χ0n) is 14.8. The predicted molar refractivity (Wildman–Crippen MR) is 94.1 cm³/mol. The largest absolute Gasteiger partial charge is 0.342 e. The van der Waals surface area contributed by atoms with Crippen LogP contribution in [-0.4, -0.2) is 23.9 Å². The second-order valence-corrected chi connectivity index (χ2v) is 9.33. The summed E-state index contributed by atoms with van der Waals surface area (Å²) in [5, 5.41) is 0. The Morgan fingerprint density at radius 3 is 2.61 bits per heavy atom. The van der Waals surface area contributed by atoms with Gasteiger partial charge in [0.05, 0.1) is 0 Å². The third-order valence-electron chi connectivity index (χ3n) is 8.54. The van der Waals surface area contributed by atoms with Gasteiger partial charge in [-0.15, -0.1) is 0 Å². The quantitative estimate of drug-likeness (QED) is 0.612. The molecule has 3 aliphatic carbocycles. The van der Waals surface area contributed by atoms with Crippen molar-refractivity contribution in [3.63, 3.8) is 0 Å². The Balaban J connectivity index is 1.66. The van der Waals surface area contributed by atoms with Gasteiger partial charge in [-0.1, -0.05) is 31.0 Å². The number of allylic oxidation sites excluding steroid dienone is 1. The van der Waals surface area contributed by atoms with E-state index in [1.165, 1.54) is 44.1 Å². The molecule has 0 bridgehead atoms. The Labute approximate surface area is 145 Å². The number of hydrogen-bond donors (Lipinski definition) is 0. The maximum atomic E-state index is 12.2. The van der Waals surface area contributed by atoms with Crippen LogP contribution >= 0.6 is 11.6 Å². The summed E-state index contributed by atoms with van der Waals surface area (Å²) < 4.78 is 0. The highest BCUT2D eigenvalue weighted by Crippen LogP contribution is 2.66. The molecule has 0 N–H and O–H groups in total. The van der Waals surface area contributed by atoms with Crippen molar-refractivity contribution in [2.24, 2.45) is 28.6 Å². The van der Waals surface area contributed by atoms with Crippen molar-refractivity contribution in [2.75, 3.05) is 7.05 Å². The molecule has 128 valence electrons. The first-order chi connectivity index (χ1) is 10.9. The van der Waals surface area contributed by atoms with Crippen LogP contribution < -0.4 is 0 Å². The van der Waals surface area contributed by atoms with E-state index < -0.39 is 0 Å². The molecule has 23 heavy (non-hydrogen) atoms. The summed E-state index contributed by atoms with van der Waals surface area (Å²) >= 11 is 6.16. The number of rotatable bonds is 0. The monoisotopic (exact) mass is 335 g/mol. The van der Waals surface area contributed by atoms with Gasteiger partial charge >= 0.3 is 0 Å². The van der Waals surface area contributed by atoms with Crippen LogP contribution in [0.4, 0.5) is 0 Å². The van der Waals surface area contributed by atoms with Crippen LogP contribution in [0, 0.1) is 28.6 Å². The standard InChI is InChI=1S/C20H30ClNO/c1-19-10-8-16-14(15(19)6-4-13(19)12-21)5-7-17-20(16,2)11-9-18(23)22(17)3/h12,14-17H,4-11H2,1-3H3/b13-12+/t14-,15-,16-,17?,19+,20+/m0/s1. The fourth-order valence-electron chi connectivity index (χ4n) is 7.18. The highest BCUT2D eigenvalue weighted by molar-refractivity contribution is 6.25. The number of fused-ring (bicyclic) bond motifs is 5. The number of likely N-dealkylation sites (tertiary alicyclic amines) is 1. The zero-order chi connectivity index (χ0) is 16.4. The summed E-state index contributed by atoms with van der Waals surface area (Å²) in [7, 11) is 2.04. The van der Waals surface area contributed by atoms with Crippen molar-refractivity contribution in [2.45, 2.75) is 71.3 Å². The highest BCUT2D eigenvalue weighted by atomic mass is 35.5. The van der Waals surface area contributed by atoms with E-state index in [4.69, 9.17) is 11.6 Å². The minimum atomic E-state index is 0.334. The molecule has 1 heterocycles. The number of halogens is 1. The van der Waals surface area contributed by atoms with Gasteiger partial charge in [-0.2, -0.15) is 0 Å². The van der Waals surface area contributed by atoms with E-state index in [9.17, 15) is 4.79 Å². The van der Waals surface area contributed by atoms with Gasteiger partial charge in [0.25, 0.3) is 0 Å². The van der Waals surface area contributed by atoms with E-state index >= 15 is 0 Å². The molecule has 0 aromatic heterocycles. The average Bonchev–Trinajstić information content (AvgIpc) is 2.88. The summed E-state index contributed by atoms with van der Waals surface area (Å²) in [4.78, 5) is 14.3. The lowest BCUT2D eigenvalue weighted by molar-refractivity contribution is -0.156. The zero-order valence-corrected chi connectivity index (χ0v) is 15.5. The molecule has 3 saturated carbocycles. The van der Waals surface area contributed by atoms with Gasteiger partial charge < -0.3 is 4.90 Å². The van der Waals surface area contributed by atoms with Crippen LogP contribution in [0.3, 0.4) is 0 Å². The lowest BCUT2D eigenvalue weighted by Crippen LogP contribution is -2.61. The van der Waals surface area contributed by atoms with Gasteiger partial charge in [0.2, 0.25) is 5.91 Å². The summed E-state index contributed by atoms with van der Waals surface area (Å²) in [5.74, 6) is 2.81. The molecule has 2 nitrogen and oxygen atoms in total. The van der Waals surface area contributed by atoms with Gasteiger partial charge in [-0.25, -0.2) is 0 Å². The van der Waals surface area contributed by atoms with Crippen molar-refractivity contribution in [3.05, 3.63) is 11.1 Å². The average molecular weight is 336 g/mol. The Bertz CT molecular complexity index is 558. The summed E-state index contributed by atoms with van der Waals surface area (Å²) in [6, 6.07) is 0.471. The Hall–Kier alpha value is -0.500. The van der Waals surface area contributed by atoms with Crippen LogP contribution in [-0.2, 0) is 4.79 Å². The molecule has 3 heteroatoms. The van der Waals surface area contributed by atoms with Crippen molar-refractivity contribution >= 4 is 17.5 Å². The number of hydrogen-bond acceptors (Lipinski definition) is 1. The van der Waals surface area contributed by atoms with Gasteiger partial charge in [0.15, 0.2) is 0 Å². The molecule has 1 unspecified atom stereocenters. The molecule has 4 fully saturated rings. The van der Waals surface area contributed by atoms with E-state index in [-0.39, 0.29) is 0 Å². The maximum Gasteiger partial charge on any atom is 0.222 e. The number of nitrogens with zero attached hydrogens (tertiary/aromatic N) is 1. The highest BCUT2D eigenvalue weighted by Gasteiger charge is 2.59. The first-order valence-electron chi connectivity index (χ1n) is 9.47. The van der Waals surface area contributed by atoms with Gasteiger partial charge in [-0.3, -0.25) is 4.79 Å². The minimum Gasteiger partial charge on any atom is -0.342 e. The molecule has 4 rings (SSSR count). The third-order valence-corrected chi connectivity index (χ3v) is 8.80. The van der Waals surface area contributed by atoms with E-state index in [0.717, 1.165) is 30.6 Å². The number of carbonyl (C=O) groups is 1. The molecule has 0 aromatic carbocycles. The smallest absolute Gasteiger partial charge is 0.222 e. The summed E-state index contributed by atoms with van der Waals surface area (Å²) in [5.41, 5.74) is 4.08. The molecule has 1 aliphatic heterocycles. The van der Waals surface area contributed by atoms with E-state index in [1.54, 1.807) is 0 Å². The molecule has 4 aliphatic rings. The van der Waals surface area contributed by atoms with Crippen molar-refractivity contribution in [3.8, 4) is 0 Å². The van der Waals surface area contributed by atoms with Gasteiger partial charge in [0.1, 0.15) is 0 Å². The molecule has 1 amide bonds. The first-order valence-corrected chi connectivity index (χ1v) is 9.91. The minimum absolute atomic E-state index is 0.334. The lowest BCUT2D eigenvalue weighted by Gasteiger charge is -2.61. The van der Waals surface area contributed by atoms with Crippen molar-refractivity contribution in [1.82, 2.24) is 4.90 Å². The molecule has 0 spiro atoms. The predicted octanol–water partition coefficient (Wildman–Crippen LogP) is 4.97. The third kappa shape index (κ3) is 2.03. The first kappa shape index (κ1) is 16.0. The molecule has 0 radical (unpaired) electrons. The van der Waals surface area contributed by atoms with E-state index in [0.29, 0.717) is 22.8 Å². The molecule has 1 saturated heterocycles. The van der Waals surface area contributed by atoms with Crippen LogP contribution in [0.2, 0.25) is 0 Å². The number of piperidine rings is 1. The van der Waals surface area contributed by atoms with Crippen LogP contribution in [0.15, 0.2) is 11.1 Å². The van der Waals surface area contributed by atoms with E-state index in [1.807, 2.05) is 12.6 Å². The SMILES string of the molecule is CN1C(=O)CC[C@@]2(C)C1CC[C@@H]1[C@@H]2CC[C@]2(C)/C(=C/Cl)CC[C@@H]12. The molecule has 6 atom stereocenters. The van der Waals surface area contributed by atoms with Crippen molar-refractivity contribution < 1.29 is 4.79 Å². The lowest BCUT2D eigenvalue weighted by atomic mass is 9.47. The summed E-state index contributed by atoms with van der Waals surface area (Å²) in [6.07, 6.45) is 9.49. The topological polar surface area (TPSA) is 20.3 Å². The molecular formula is C20H30ClNO. The number of amides is 1. The number of carbonyl (C=O) groups excluding carboxylic acids is 1. The van der Waals surface area contributed by atoms with Gasteiger partial charge in [0, 0.05) is 25.0 Å². The van der Waals surface area contributed by atoms with Crippen LogP contribution in [0.25, 0.3) is 0 Å². The fraction of sp³-hybridized carbons (Fsp3) is 0.850. The Morgan fingerprint density at radius 1 is 1.09 bits per heavy atom. The second kappa shape index (κ2) is 5.25. The molecule has 0 aromatic rings. The second-order valence-electron chi connectivity index (χ2n) is 9.11. The molecular weight excluding hydrogens is 306 g/mol.